The molecule has 0 atom stereocenters. The summed E-state index contributed by atoms with van der Waals surface area (Å²) < 4.78 is 26.9. The van der Waals surface area contributed by atoms with Gasteiger partial charge in [0.05, 0.1) is 0 Å². The van der Waals surface area contributed by atoms with Gasteiger partial charge in [-0.2, -0.15) is 4.31 Å². The number of Topliss-reactive ketones (excluding diaryl/α,β-unsaturated/α-hetero) is 1. The summed E-state index contributed by atoms with van der Waals surface area (Å²) in [5.74, 6) is 0.0448. The Hall–Kier alpha value is -1.70. The minimum Gasteiger partial charge on any atom is -0.369 e. The summed E-state index contributed by atoms with van der Waals surface area (Å²) in [7, 11) is -3.36. The normalized spacial score (nSPS) is 16.5. The molecule has 0 aliphatic carbocycles. The van der Waals surface area contributed by atoms with Crippen LogP contribution in [0.2, 0.25) is 0 Å². The highest BCUT2D eigenvalue weighted by molar-refractivity contribution is 7.91. The zero-order valence-electron chi connectivity index (χ0n) is 12.8. The van der Waals surface area contributed by atoms with E-state index in [1.54, 1.807) is 28.7 Å². The lowest BCUT2D eigenvalue weighted by Gasteiger charge is -2.35. The van der Waals surface area contributed by atoms with Gasteiger partial charge in [0.25, 0.3) is 10.0 Å². The summed E-state index contributed by atoms with van der Waals surface area (Å²) >= 11 is 1.25. The van der Waals surface area contributed by atoms with Gasteiger partial charge in [0, 0.05) is 37.4 Å². The van der Waals surface area contributed by atoms with Crippen LogP contribution in [0.3, 0.4) is 0 Å². The second kappa shape index (κ2) is 6.43. The van der Waals surface area contributed by atoms with Crippen LogP contribution >= 0.6 is 11.3 Å². The van der Waals surface area contributed by atoms with E-state index < -0.39 is 10.0 Å². The molecule has 0 bridgehead atoms. The maximum absolute atomic E-state index is 12.5. The van der Waals surface area contributed by atoms with Gasteiger partial charge in [0.2, 0.25) is 0 Å². The molecule has 1 fully saturated rings. The number of anilines is 1. The van der Waals surface area contributed by atoms with Crippen molar-refractivity contribution < 1.29 is 13.2 Å². The Morgan fingerprint density at radius 2 is 1.70 bits per heavy atom. The minimum atomic E-state index is -3.36. The largest absolute Gasteiger partial charge is 0.369 e. The maximum Gasteiger partial charge on any atom is 0.252 e. The fourth-order valence-electron chi connectivity index (χ4n) is 2.63. The maximum atomic E-state index is 12.5. The van der Waals surface area contributed by atoms with Gasteiger partial charge in [0.15, 0.2) is 5.78 Å². The Morgan fingerprint density at radius 3 is 2.22 bits per heavy atom. The van der Waals surface area contributed by atoms with E-state index in [9.17, 15) is 13.2 Å². The number of nitrogens with zero attached hydrogens (tertiary/aromatic N) is 2. The van der Waals surface area contributed by atoms with E-state index in [1.165, 1.54) is 11.3 Å². The van der Waals surface area contributed by atoms with Crippen LogP contribution in [0.1, 0.15) is 17.3 Å². The number of carbonyl (C=O) groups is 1. The van der Waals surface area contributed by atoms with Crippen molar-refractivity contribution in [3.05, 3.63) is 47.3 Å². The summed E-state index contributed by atoms with van der Waals surface area (Å²) in [6, 6.07) is 10.9. The Kier molecular flexibility index (Phi) is 4.52. The van der Waals surface area contributed by atoms with E-state index >= 15 is 0 Å². The average Bonchev–Trinajstić information content (AvgIpc) is 3.10. The molecule has 2 aromatic rings. The first-order valence-electron chi connectivity index (χ1n) is 7.38. The molecule has 0 amide bonds. The van der Waals surface area contributed by atoms with Crippen molar-refractivity contribution in [1.29, 1.82) is 0 Å². The van der Waals surface area contributed by atoms with E-state index in [4.69, 9.17) is 0 Å². The molecule has 7 heteroatoms. The third-order valence-electron chi connectivity index (χ3n) is 3.97. The highest BCUT2D eigenvalue weighted by Crippen LogP contribution is 2.24. The molecule has 23 heavy (non-hydrogen) atoms. The van der Waals surface area contributed by atoms with Crippen molar-refractivity contribution in [2.45, 2.75) is 11.1 Å². The van der Waals surface area contributed by atoms with Crippen LogP contribution in [0.4, 0.5) is 5.69 Å². The first-order valence-corrected chi connectivity index (χ1v) is 9.70. The monoisotopic (exact) mass is 350 g/mol. The molecule has 1 aliphatic rings. The topological polar surface area (TPSA) is 57.7 Å². The van der Waals surface area contributed by atoms with E-state index in [0.29, 0.717) is 36.0 Å². The molecule has 0 saturated carbocycles. The van der Waals surface area contributed by atoms with E-state index in [1.807, 2.05) is 24.3 Å². The van der Waals surface area contributed by atoms with Gasteiger partial charge < -0.3 is 4.90 Å². The van der Waals surface area contributed by atoms with Gasteiger partial charge in [-0.15, -0.1) is 11.3 Å². The van der Waals surface area contributed by atoms with Crippen LogP contribution in [0.25, 0.3) is 0 Å². The number of piperazine rings is 1. The molecular formula is C16H18N2O3S2. The lowest BCUT2D eigenvalue weighted by atomic mass is 10.1. The van der Waals surface area contributed by atoms with Crippen molar-refractivity contribution in [3.63, 3.8) is 0 Å². The number of hydrogen-bond acceptors (Lipinski definition) is 5. The van der Waals surface area contributed by atoms with Gasteiger partial charge >= 0.3 is 0 Å². The van der Waals surface area contributed by atoms with Gasteiger partial charge in [-0.3, -0.25) is 4.79 Å². The molecule has 1 aromatic carbocycles. The van der Waals surface area contributed by atoms with Crippen LogP contribution in [-0.2, 0) is 10.0 Å². The molecule has 0 N–H and O–H groups in total. The SMILES string of the molecule is CC(=O)c1ccc(N2CCN(S(=O)(=O)c3cccs3)CC2)cc1. The Morgan fingerprint density at radius 1 is 1.04 bits per heavy atom. The van der Waals surface area contributed by atoms with E-state index in [-0.39, 0.29) is 5.78 Å². The molecule has 1 saturated heterocycles. The third-order valence-corrected chi connectivity index (χ3v) is 7.24. The second-order valence-corrected chi connectivity index (χ2v) is 8.54. The van der Waals surface area contributed by atoms with Crippen LogP contribution in [0.5, 0.6) is 0 Å². The van der Waals surface area contributed by atoms with Crippen molar-refractivity contribution >= 4 is 32.8 Å². The predicted molar refractivity (Wildman–Crippen MR) is 91.7 cm³/mol. The molecule has 1 aliphatic heterocycles. The standard InChI is InChI=1S/C16H18N2O3S2/c1-13(19)14-4-6-15(7-5-14)17-8-10-18(11-9-17)23(20,21)16-3-2-12-22-16/h2-7,12H,8-11H2,1H3. The lowest BCUT2D eigenvalue weighted by Crippen LogP contribution is -2.48. The van der Waals surface area contributed by atoms with Crippen molar-refractivity contribution in [3.8, 4) is 0 Å². The smallest absolute Gasteiger partial charge is 0.252 e. The number of rotatable bonds is 4. The van der Waals surface area contributed by atoms with E-state index in [2.05, 4.69) is 4.90 Å². The zero-order chi connectivity index (χ0) is 16.4. The molecular weight excluding hydrogens is 332 g/mol. The highest BCUT2D eigenvalue weighted by Gasteiger charge is 2.29. The van der Waals surface area contributed by atoms with Gasteiger partial charge in [0.1, 0.15) is 4.21 Å². The Bertz CT molecular complexity index is 775. The molecule has 2 heterocycles. The predicted octanol–water partition coefficient (Wildman–Crippen LogP) is 2.46. The fraction of sp³-hybridized carbons (Fsp3) is 0.312. The molecule has 122 valence electrons. The van der Waals surface area contributed by atoms with Gasteiger partial charge in [-0.05, 0) is 42.6 Å². The summed E-state index contributed by atoms with van der Waals surface area (Å²) in [5, 5.41) is 1.78. The third kappa shape index (κ3) is 3.31. The first kappa shape index (κ1) is 16.2. The zero-order valence-corrected chi connectivity index (χ0v) is 14.4. The van der Waals surface area contributed by atoms with Crippen LogP contribution in [-0.4, -0.2) is 44.7 Å². The van der Waals surface area contributed by atoms with Crippen LogP contribution in [0.15, 0.2) is 46.0 Å². The number of benzene rings is 1. The van der Waals surface area contributed by atoms with Crippen molar-refractivity contribution in [2.24, 2.45) is 0 Å². The Labute approximate surface area is 140 Å². The second-order valence-electron chi connectivity index (χ2n) is 5.43. The fourth-order valence-corrected chi connectivity index (χ4v) is 5.20. The van der Waals surface area contributed by atoms with Crippen LogP contribution in [0, 0.1) is 0 Å². The van der Waals surface area contributed by atoms with Gasteiger partial charge in [-0.25, -0.2) is 8.42 Å². The molecule has 0 unspecified atom stereocenters. The summed E-state index contributed by atoms with van der Waals surface area (Å²) in [6.07, 6.45) is 0. The van der Waals surface area contributed by atoms with E-state index in [0.717, 1.165) is 5.69 Å². The summed E-state index contributed by atoms with van der Waals surface area (Å²) in [4.78, 5) is 13.5. The first-order chi connectivity index (χ1) is 11.0. The minimum absolute atomic E-state index is 0.0448. The Balaban J connectivity index is 1.68. The molecule has 1 aromatic heterocycles. The lowest BCUT2D eigenvalue weighted by molar-refractivity contribution is 0.101. The van der Waals surface area contributed by atoms with Crippen LogP contribution < -0.4 is 4.90 Å². The molecule has 5 nitrogen and oxygen atoms in total. The van der Waals surface area contributed by atoms with Gasteiger partial charge in [-0.1, -0.05) is 6.07 Å². The number of thiophene rings is 1. The molecule has 0 radical (unpaired) electrons. The quantitative estimate of drug-likeness (QED) is 0.795. The molecule has 0 spiro atoms. The average molecular weight is 350 g/mol. The summed E-state index contributed by atoms with van der Waals surface area (Å²) in [6.45, 7) is 3.76. The van der Waals surface area contributed by atoms with Crippen molar-refractivity contribution in [2.75, 3.05) is 31.1 Å². The molecule has 3 rings (SSSR count). The number of carbonyl (C=O) groups excluding carboxylic acids is 1. The number of ketones is 1. The summed E-state index contributed by atoms with van der Waals surface area (Å²) in [5.41, 5.74) is 1.70. The highest BCUT2D eigenvalue weighted by atomic mass is 32.2. The number of sulfonamides is 1. The van der Waals surface area contributed by atoms with Crippen molar-refractivity contribution in [1.82, 2.24) is 4.31 Å². The number of hydrogen-bond donors (Lipinski definition) is 0.